The SMILES string of the molecule is CC(C)CNC(=O)C=P(c1ccccc1)(c1ccccc1)c1ccccc1. The van der Waals surface area contributed by atoms with Crippen molar-refractivity contribution in [3.05, 3.63) is 91.0 Å². The largest absolute Gasteiger partial charge is 0.352 e. The van der Waals surface area contributed by atoms with Crippen LogP contribution in [0.5, 0.6) is 0 Å². The highest BCUT2D eigenvalue weighted by molar-refractivity contribution is 7.95. The average Bonchev–Trinajstić information content (AvgIpc) is 2.72. The molecule has 27 heavy (non-hydrogen) atoms. The molecule has 138 valence electrons. The molecule has 3 rings (SSSR count). The van der Waals surface area contributed by atoms with Gasteiger partial charge in [0.2, 0.25) is 5.91 Å². The van der Waals surface area contributed by atoms with Crippen LogP contribution in [-0.2, 0) is 4.79 Å². The second-order valence-corrected chi connectivity index (χ2v) is 10.3. The fourth-order valence-electron chi connectivity index (χ4n) is 3.19. The normalized spacial score (nSPS) is 11.2. The van der Waals surface area contributed by atoms with Crippen molar-refractivity contribution < 1.29 is 4.79 Å². The molecule has 1 amide bonds. The molecule has 3 aromatic rings. The minimum Gasteiger partial charge on any atom is -0.352 e. The van der Waals surface area contributed by atoms with Gasteiger partial charge in [-0.15, -0.1) is 0 Å². The van der Waals surface area contributed by atoms with Gasteiger partial charge < -0.3 is 5.32 Å². The quantitative estimate of drug-likeness (QED) is 0.656. The van der Waals surface area contributed by atoms with Crippen LogP contribution in [0.2, 0.25) is 0 Å². The van der Waals surface area contributed by atoms with Crippen LogP contribution in [0, 0.1) is 5.92 Å². The first-order valence-corrected chi connectivity index (χ1v) is 11.2. The van der Waals surface area contributed by atoms with E-state index in [9.17, 15) is 4.79 Å². The third-order valence-corrected chi connectivity index (χ3v) is 8.45. The molecule has 3 heteroatoms. The molecule has 1 N–H and O–H groups in total. The standard InChI is InChI=1S/C24H26NOP/c1-20(2)18-25-24(26)19-27(21-12-6-3-7-13-21,22-14-8-4-9-15-22)23-16-10-5-11-17-23/h3-17,19-20H,18H2,1-2H3,(H,25,26). The van der Waals surface area contributed by atoms with Crippen molar-refractivity contribution in [1.29, 1.82) is 0 Å². The van der Waals surface area contributed by atoms with Crippen LogP contribution in [0.25, 0.3) is 0 Å². The van der Waals surface area contributed by atoms with Gasteiger partial charge in [0, 0.05) is 12.3 Å². The van der Waals surface area contributed by atoms with Crippen LogP contribution in [0.3, 0.4) is 0 Å². The van der Waals surface area contributed by atoms with E-state index >= 15 is 0 Å². The molecule has 0 bridgehead atoms. The molecule has 0 saturated carbocycles. The number of nitrogens with one attached hydrogen (secondary N) is 1. The van der Waals surface area contributed by atoms with Crippen molar-refractivity contribution in [2.24, 2.45) is 5.92 Å². The molecule has 2 nitrogen and oxygen atoms in total. The summed E-state index contributed by atoms with van der Waals surface area (Å²) in [5.41, 5.74) is 0. The van der Waals surface area contributed by atoms with Gasteiger partial charge in [-0.3, -0.25) is 4.79 Å². The lowest BCUT2D eigenvalue weighted by Gasteiger charge is -2.28. The molecule has 0 aliphatic heterocycles. The number of rotatable bonds is 6. The first-order chi connectivity index (χ1) is 13.1. The predicted molar refractivity (Wildman–Crippen MR) is 119 cm³/mol. The third-order valence-electron chi connectivity index (χ3n) is 4.49. The number of hydrogen-bond acceptors (Lipinski definition) is 1. The van der Waals surface area contributed by atoms with Gasteiger partial charge in [0.25, 0.3) is 0 Å². The maximum atomic E-state index is 12.9. The molecular formula is C24H26NOP. The molecule has 0 spiro atoms. The Morgan fingerprint density at radius 1 is 0.778 bits per heavy atom. The van der Waals surface area contributed by atoms with E-state index in [0.29, 0.717) is 12.5 Å². The Balaban J connectivity index is 2.28. The Bertz CT molecular complexity index is 815. The molecule has 0 fully saturated rings. The van der Waals surface area contributed by atoms with Crippen molar-refractivity contribution in [3.63, 3.8) is 0 Å². The Kier molecular flexibility index (Phi) is 6.32. The molecule has 0 radical (unpaired) electrons. The number of benzene rings is 3. The van der Waals surface area contributed by atoms with E-state index in [-0.39, 0.29) is 5.91 Å². The van der Waals surface area contributed by atoms with Crippen molar-refractivity contribution in [3.8, 4) is 0 Å². The van der Waals surface area contributed by atoms with E-state index in [0.717, 1.165) is 0 Å². The fourth-order valence-corrected chi connectivity index (χ4v) is 6.90. The Morgan fingerprint density at radius 2 is 1.15 bits per heavy atom. The van der Waals surface area contributed by atoms with Gasteiger partial charge in [0.05, 0.1) is 0 Å². The van der Waals surface area contributed by atoms with Crippen LogP contribution in [0.4, 0.5) is 0 Å². The van der Waals surface area contributed by atoms with E-state index < -0.39 is 6.89 Å². The lowest BCUT2D eigenvalue weighted by Crippen LogP contribution is -2.34. The van der Waals surface area contributed by atoms with Gasteiger partial charge in [-0.1, -0.05) is 105 Å². The summed E-state index contributed by atoms with van der Waals surface area (Å²) in [4.78, 5) is 12.9. The van der Waals surface area contributed by atoms with E-state index in [1.165, 1.54) is 15.9 Å². The average molecular weight is 375 g/mol. The molecule has 0 aliphatic carbocycles. The second-order valence-electron chi connectivity index (χ2n) is 7.00. The molecule has 0 aromatic heterocycles. The summed E-state index contributed by atoms with van der Waals surface area (Å²) in [6.45, 7) is 2.68. The zero-order valence-electron chi connectivity index (χ0n) is 15.9. The molecule has 0 atom stereocenters. The minimum absolute atomic E-state index is 0.00593. The monoisotopic (exact) mass is 375 g/mol. The highest BCUT2D eigenvalue weighted by Crippen LogP contribution is 2.43. The van der Waals surface area contributed by atoms with Crippen LogP contribution >= 0.6 is 6.89 Å². The summed E-state index contributed by atoms with van der Waals surface area (Å²) < 4.78 is 0. The van der Waals surface area contributed by atoms with Gasteiger partial charge >= 0.3 is 0 Å². The highest BCUT2D eigenvalue weighted by atomic mass is 31.2. The molecule has 3 aromatic carbocycles. The van der Waals surface area contributed by atoms with Gasteiger partial charge in [0.1, 0.15) is 0 Å². The maximum absolute atomic E-state index is 12.9. The predicted octanol–water partition coefficient (Wildman–Crippen LogP) is 3.55. The molecule has 0 aliphatic rings. The maximum Gasteiger partial charge on any atom is 0.245 e. The zero-order valence-corrected chi connectivity index (χ0v) is 16.8. The van der Waals surface area contributed by atoms with E-state index in [2.05, 4.69) is 92.0 Å². The van der Waals surface area contributed by atoms with Gasteiger partial charge in [-0.2, -0.15) is 0 Å². The Morgan fingerprint density at radius 3 is 1.48 bits per heavy atom. The lowest BCUT2D eigenvalue weighted by molar-refractivity contribution is -0.114. The van der Waals surface area contributed by atoms with Crippen molar-refractivity contribution in [2.45, 2.75) is 13.8 Å². The lowest BCUT2D eigenvalue weighted by atomic mass is 10.2. The van der Waals surface area contributed by atoms with Crippen LogP contribution in [0.15, 0.2) is 91.0 Å². The molecular weight excluding hydrogens is 349 g/mol. The number of amides is 1. The van der Waals surface area contributed by atoms with Crippen molar-refractivity contribution >= 4 is 34.5 Å². The second kappa shape index (κ2) is 8.88. The van der Waals surface area contributed by atoms with Crippen molar-refractivity contribution in [2.75, 3.05) is 6.54 Å². The van der Waals surface area contributed by atoms with Gasteiger partial charge in [-0.05, 0) is 28.7 Å². The molecule has 0 saturated heterocycles. The summed E-state index contributed by atoms with van der Waals surface area (Å²) in [5.74, 6) is 2.35. The van der Waals surface area contributed by atoms with E-state index in [1.54, 1.807) is 0 Å². The number of carbonyl (C=O) groups is 1. The molecule has 0 unspecified atom stereocenters. The number of hydrogen-bond donors (Lipinski definition) is 1. The summed E-state index contributed by atoms with van der Waals surface area (Å²) in [7, 11) is 0. The van der Waals surface area contributed by atoms with Gasteiger partial charge in [0.15, 0.2) is 0 Å². The smallest absolute Gasteiger partial charge is 0.245 e. The first kappa shape index (κ1) is 19.2. The van der Waals surface area contributed by atoms with Crippen LogP contribution in [-0.4, -0.2) is 18.2 Å². The van der Waals surface area contributed by atoms with E-state index in [4.69, 9.17) is 0 Å². The van der Waals surface area contributed by atoms with Crippen molar-refractivity contribution in [1.82, 2.24) is 5.32 Å². The topological polar surface area (TPSA) is 29.1 Å². The minimum atomic E-state index is -2.21. The highest BCUT2D eigenvalue weighted by Gasteiger charge is 2.26. The Hall–Kier alpha value is -2.57. The fraction of sp³-hybridized carbons (Fsp3) is 0.167. The number of carbonyl (C=O) groups excluding carboxylic acids is 1. The van der Waals surface area contributed by atoms with Gasteiger partial charge in [-0.25, -0.2) is 0 Å². The summed E-state index contributed by atoms with van der Waals surface area (Å²) in [6.07, 6.45) is 0. The summed E-state index contributed by atoms with van der Waals surface area (Å²) >= 11 is 0. The summed E-state index contributed by atoms with van der Waals surface area (Å²) in [5, 5.41) is 6.63. The van der Waals surface area contributed by atoms with Crippen LogP contribution in [0.1, 0.15) is 13.8 Å². The van der Waals surface area contributed by atoms with E-state index in [1.807, 2.05) is 24.0 Å². The molecule has 0 heterocycles. The Labute approximate surface area is 162 Å². The zero-order chi connectivity index (χ0) is 19.1. The third kappa shape index (κ3) is 4.40. The first-order valence-electron chi connectivity index (χ1n) is 9.32. The van der Waals surface area contributed by atoms with Crippen LogP contribution < -0.4 is 21.2 Å². The summed E-state index contributed by atoms with van der Waals surface area (Å²) in [6, 6.07) is 31.2.